The van der Waals surface area contributed by atoms with E-state index in [0.29, 0.717) is 6.04 Å². The lowest BCUT2D eigenvalue weighted by molar-refractivity contribution is 0.110. The van der Waals surface area contributed by atoms with Crippen molar-refractivity contribution >= 4 is 0 Å². The molecule has 0 aliphatic carbocycles. The summed E-state index contributed by atoms with van der Waals surface area (Å²) in [5.74, 6) is 0.958. The maximum atomic E-state index is 3.61. The molecule has 0 radical (unpaired) electrons. The van der Waals surface area contributed by atoms with Gasteiger partial charge in [-0.1, -0.05) is 20.8 Å². The number of piperidine rings is 1. The number of hydrogen-bond donors (Lipinski definition) is 1. The highest BCUT2D eigenvalue weighted by atomic mass is 15.2. The normalized spacial score (nSPS) is 24.6. The third-order valence-electron chi connectivity index (χ3n) is 5.11. The third kappa shape index (κ3) is 5.01. The van der Waals surface area contributed by atoms with Crippen LogP contribution in [0.25, 0.3) is 0 Å². The van der Waals surface area contributed by atoms with Crippen molar-refractivity contribution in [1.29, 1.82) is 0 Å². The van der Waals surface area contributed by atoms with Gasteiger partial charge in [0.15, 0.2) is 0 Å². The van der Waals surface area contributed by atoms with E-state index in [-0.39, 0.29) is 0 Å². The Morgan fingerprint density at radius 3 is 2.25 bits per heavy atom. The first-order valence-electron chi connectivity index (χ1n) is 8.88. The highest BCUT2D eigenvalue weighted by molar-refractivity contribution is 4.81. The molecule has 2 fully saturated rings. The van der Waals surface area contributed by atoms with Crippen LogP contribution in [0.3, 0.4) is 0 Å². The Bertz CT molecular complexity index is 253. The van der Waals surface area contributed by atoms with Crippen molar-refractivity contribution < 1.29 is 0 Å². The molecule has 1 atom stereocenters. The van der Waals surface area contributed by atoms with E-state index in [9.17, 15) is 0 Å². The lowest BCUT2D eigenvalue weighted by Crippen LogP contribution is -2.48. The van der Waals surface area contributed by atoms with Gasteiger partial charge in [0.05, 0.1) is 0 Å². The van der Waals surface area contributed by atoms with Crippen molar-refractivity contribution in [2.45, 2.75) is 65.0 Å². The first kappa shape index (κ1) is 16.3. The summed E-state index contributed by atoms with van der Waals surface area (Å²) in [4.78, 5) is 5.42. The van der Waals surface area contributed by atoms with Gasteiger partial charge in [0, 0.05) is 25.2 Å². The van der Waals surface area contributed by atoms with Gasteiger partial charge >= 0.3 is 0 Å². The van der Waals surface area contributed by atoms with Gasteiger partial charge in [-0.05, 0) is 64.2 Å². The summed E-state index contributed by atoms with van der Waals surface area (Å²) in [5.41, 5.74) is 0. The number of likely N-dealkylation sites (tertiary alicyclic amines) is 2. The van der Waals surface area contributed by atoms with Crippen molar-refractivity contribution in [3.8, 4) is 0 Å². The summed E-state index contributed by atoms with van der Waals surface area (Å²) in [5, 5.41) is 3.61. The molecule has 0 aromatic rings. The first-order valence-corrected chi connectivity index (χ1v) is 8.88. The third-order valence-corrected chi connectivity index (χ3v) is 5.11. The summed E-state index contributed by atoms with van der Waals surface area (Å²) < 4.78 is 0. The molecule has 0 amide bonds. The van der Waals surface area contributed by atoms with Crippen molar-refractivity contribution in [2.75, 3.05) is 39.3 Å². The quantitative estimate of drug-likeness (QED) is 0.774. The van der Waals surface area contributed by atoms with Gasteiger partial charge in [-0.3, -0.25) is 4.90 Å². The summed E-state index contributed by atoms with van der Waals surface area (Å²) in [6, 6.07) is 1.35. The molecule has 3 nitrogen and oxygen atoms in total. The summed E-state index contributed by atoms with van der Waals surface area (Å²) in [6.45, 7) is 14.7. The van der Waals surface area contributed by atoms with Gasteiger partial charge in [0.1, 0.15) is 0 Å². The van der Waals surface area contributed by atoms with Gasteiger partial charge in [-0.15, -0.1) is 0 Å². The van der Waals surface area contributed by atoms with E-state index in [2.05, 4.69) is 35.9 Å². The Morgan fingerprint density at radius 2 is 1.70 bits per heavy atom. The van der Waals surface area contributed by atoms with Gasteiger partial charge in [-0.25, -0.2) is 0 Å². The zero-order valence-electron chi connectivity index (χ0n) is 13.9. The fraction of sp³-hybridized carbons (Fsp3) is 1.00. The molecule has 2 aliphatic heterocycles. The highest BCUT2D eigenvalue weighted by Crippen LogP contribution is 2.22. The number of nitrogens with zero attached hydrogens (tertiary/aromatic N) is 2. The molecule has 1 N–H and O–H groups in total. The number of hydrogen-bond acceptors (Lipinski definition) is 3. The smallest absolute Gasteiger partial charge is 0.0218 e. The number of nitrogens with one attached hydrogen (secondary N) is 1. The second-order valence-electron chi connectivity index (χ2n) is 7.11. The largest absolute Gasteiger partial charge is 0.313 e. The molecule has 2 aliphatic rings. The molecule has 0 bridgehead atoms. The van der Waals surface area contributed by atoms with Crippen LogP contribution in [0.2, 0.25) is 0 Å². The van der Waals surface area contributed by atoms with Crippen molar-refractivity contribution in [3.63, 3.8) is 0 Å². The van der Waals surface area contributed by atoms with Crippen LogP contribution in [0.5, 0.6) is 0 Å². The molecular formula is C17H35N3. The van der Waals surface area contributed by atoms with E-state index in [4.69, 9.17) is 0 Å². The minimum Gasteiger partial charge on any atom is -0.313 e. The Kier molecular flexibility index (Phi) is 6.79. The van der Waals surface area contributed by atoms with Gasteiger partial charge in [0.2, 0.25) is 0 Å². The zero-order valence-corrected chi connectivity index (χ0v) is 13.9. The summed E-state index contributed by atoms with van der Waals surface area (Å²) in [6.07, 6.45) is 6.95. The molecule has 0 aromatic heterocycles. The van der Waals surface area contributed by atoms with E-state index in [1.165, 1.54) is 64.8 Å². The van der Waals surface area contributed by atoms with Crippen LogP contribution in [-0.2, 0) is 0 Å². The predicted molar refractivity (Wildman–Crippen MR) is 87.2 cm³/mol. The molecule has 118 valence electrons. The van der Waals surface area contributed by atoms with Gasteiger partial charge in [-0.2, -0.15) is 0 Å². The monoisotopic (exact) mass is 281 g/mol. The molecule has 1 unspecified atom stereocenters. The van der Waals surface area contributed by atoms with E-state index in [1.807, 2.05) is 0 Å². The molecule has 2 saturated heterocycles. The Morgan fingerprint density at radius 1 is 1.05 bits per heavy atom. The van der Waals surface area contributed by atoms with Gasteiger partial charge in [0.25, 0.3) is 0 Å². The average Bonchev–Trinajstić information content (AvgIpc) is 2.94. The SMILES string of the molecule is CCC(CNC(C)C)N1CCC(CN2CCCC2)CC1. The lowest BCUT2D eigenvalue weighted by Gasteiger charge is -2.38. The fourth-order valence-electron chi connectivity index (χ4n) is 3.73. The van der Waals surface area contributed by atoms with Crippen LogP contribution in [-0.4, -0.2) is 61.2 Å². The average molecular weight is 281 g/mol. The first-order chi connectivity index (χ1) is 9.69. The fourth-order valence-corrected chi connectivity index (χ4v) is 3.73. The second-order valence-corrected chi connectivity index (χ2v) is 7.11. The van der Waals surface area contributed by atoms with E-state index >= 15 is 0 Å². The maximum absolute atomic E-state index is 3.61. The Labute approximate surface area is 126 Å². The van der Waals surface area contributed by atoms with Crippen LogP contribution in [0.4, 0.5) is 0 Å². The van der Waals surface area contributed by atoms with Crippen LogP contribution < -0.4 is 5.32 Å². The van der Waals surface area contributed by atoms with Crippen molar-refractivity contribution in [3.05, 3.63) is 0 Å². The van der Waals surface area contributed by atoms with Gasteiger partial charge < -0.3 is 10.2 Å². The lowest BCUT2D eigenvalue weighted by atomic mass is 9.94. The highest BCUT2D eigenvalue weighted by Gasteiger charge is 2.26. The topological polar surface area (TPSA) is 18.5 Å². The Balaban J connectivity index is 1.68. The van der Waals surface area contributed by atoms with Crippen LogP contribution in [0.15, 0.2) is 0 Å². The second kappa shape index (κ2) is 8.35. The minimum atomic E-state index is 0.608. The summed E-state index contributed by atoms with van der Waals surface area (Å²) >= 11 is 0. The van der Waals surface area contributed by atoms with Crippen LogP contribution in [0.1, 0.15) is 52.9 Å². The predicted octanol–water partition coefficient (Wildman–Crippen LogP) is 2.57. The van der Waals surface area contributed by atoms with Crippen LogP contribution >= 0.6 is 0 Å². The standard InChI is InChI=1S/C17H35N3/c1-4-17(13-18-15(2)3)20-11-7-16(8-12-20)14-19-9-5-6-10-19/h15-18H,4-14H2,1-3H3. The molecule has 20 heavy (non-hydrogen) atoms. The molecular weight excluding hydrogens is 246 g/mol. The molecule has 2 heterocycles. The van der Waals surface area contributed by atoms with E-state index in [0.717, 1.165) is 18.5 Å². The maximum Gasteiger partial charge on any atom is 0.0218 e. The molecule has 0 aromatic carbocycles. The van der Waals surface area contributed by atoms with Crippen molar-refractivity contribution in [1.82, 2.24) is 15.1 Å². The van der Waals surface area contributed by atoms with Crippen molar-refractivity contribution in [2.24, 2.45) is 5.92 Å². The van der Waals surface area contributed by atoms with Crippen LogP contribution in [0, 0.1) is 5.92 Å². The van der Waals surface area contributed by atoms with E-state index in [1.54, 1.807) is 0 Å². The molecule has 2 rings (SSSR count). The molecule has 0 spiro atoms. The van der Waals surface area contributed by atoms with E-state index < -0.39 is 0 Å². The Hall–Kier alpha value is -0.120. The molecule has 3 heteroatoms. The molecule has 0 saturated carbocycles. The summed E-state index contributed by atoms with van der Waals surface area (Å²) in [7, 11) is 0. The zero-order chi connectivity index (χ0) is 14.4. The number of rotatable bonds is 7. The minimum absolute atomic E-state index is 0.608.